The van der Waals surface area contributed by atoms with Crippen LogP contribution in [0.25, 0.3) is 0 Å². The van der Waals surface area contributed by atoms with E-state index in [9.17, 15) is 0 Å². The molecule has 0 unspecified atom stereocenters. The molecule has 1 nitrogen and oxygen atoms in total. The van der Waals surface area contributed by atoms with E-state index in [1.807, 2.05) is 24.5 Å². The first-order valence-electron chi connectivity index (χ1n) is 3.15. The quantitative estimate of drug-likeness (QED) is 0.596. The van der Waals surface area contributed by atoms with Gasteiger partial charge in [0.2, 0.25) is 0 Å². The van der Waals surface area contributed by atoms with Gasteiger partial charge in [0.25, 0.3) is 0 Å². The van der Waals surface area contributed by atoms with Crippen LogP contribution in [-0.4, -0.2) is 6.26 Å². The van der Waals surface area contributed by atoms with Crippen molar-refractivity contribution in [1.29, 1.82) is 0 Å². The van der Waals surface area contributed by atoms with Crippen LogP contribution in [0.15, 0.2) is 29.2 Å². The first-order chi connectivity index (χ1) is 4.88. The summed E-state index contributed by atoms with van der Waals surface area (Å²) in [6.45, 7) is 0.386. The normalized spacial score (nSPS) is 9.80. The number of nitrogens with one attached hydrogen (secondary N) is 1. The van der Waals surface area contributed by atoms with Crippen molar-refractivity contribution in [1.82, 2.24) is 5.73 Å². The Morgan fingerprint density at radius 2 is 2.10 bits per heavy atom. The fraction of sp³-hybridized carbons (Fsp3) is 0.250. The van der Waals surface area contributed by atoms with E-state index < -0.39 is 0 Å². The van der Waals surface area contributed by atoms with Gasteiger partial charge in [-0.2, -0.15) is 0 Å². The summed E-state index contributed by atoms with van der Waals surface area (Å²) in [7, 11) is 0. The Morgan fingerprint density at radius 3 is 2.60 bits per heavy atom. The van der Waals surface area contributed by atoms with Crippen LogP contribution in [0.5, 0.6) is 0 Å². The van der Waals surface area contributed by atoms with E-state index in [0.717, 1.165) is 5.56 Å². The van der Waals surface area contributed by atoms with E-state index in [-0.39, 0.29) is 0 Å². The maximum absolute atomic E-state index is 7.17. The lowest BCUT2D eigenvalue weighted by Crippen LogP contribution is -1.86. The first-order valence-corrected chi connectivity index (χ1v) is 4.37. The molecule has 10 heavy (non-hydrogen) atoms. The lowest BCUT2D eigenvalue weighted by atomic mass is 10.2. The maximum Gasteiger partial charge on any atom is 0.0362 e. The third-order valence-electron chi connectivity index (χ3n) is 1.38. The fourth-order valence-corrected chi connectivity index (χ4v) is 1.47. The highest BCUT2D eigenvalue weighted by atomic mass is 32.2. The van der Waals surface area contributed by atoms with Gasteiger partial charge in [-0.1, -0.05) is 18.2 Å². The molecule has 0 saturated heterocycles. The summed E-state index contributed by atoms with van der Waals surface area (Å²) in [4.78, 5) is 1.22. The van der Waals surface area contributed by atoms with Crippen LogP contribution in [0.4, 0.5) is 0 Å². The Morgan fingerprint density at radius 1 is 1.40 bits per heavy atom. The van der Waals surface area contributed by atoms with Gasteiger partial charge in [0.05, 0.1) is 0 Å². The van der Waals surface area contributed by atoms with Gasteiger partial charge in [-0.3, -0.25) is 5.73 Å². The Balaban J connectivity index is 2.96. The summed E-state index contributed by atoms with van der Waals surface area (Å²) < 4.78 is 0. The number of rotatable bonds is 2. The van der Waals surface area contributed by atoms with E-state index >= 15 is 0 Å². The van der Waals surface area contributed by atoms with E-state index in [0.29, 0.717) is 6.54 Å². The number of thioether (sulfide) groups is 1. The monoisotopic (exact) mass is 152 g/mol. The van der Waals surface area contributed by atoms with Gasteiger partial charge in [0.1, 0.15) is 0 Å². The molecule has 0 bridgehead atoms. The minimum absolute atomic E-state index is 0.386. The van der Waals surface area contributed by atoms with Crippen LogP contribution in [0.2, 0.25) is 0 Å². The molecule has 0 heterocycles. The number of hydrogen-bond donors (Lipinski definition) is 0. The summed E-state index contributed by atoms with van der Waals surface area (Å²) in [5.41, 5.74) is 8.29. The van der Waals surface area contributed by atoms with Crippen molar-refractivity contribution in [3.05, 3.63) is 29.8 Å². The van der Waals surface area contributed by atoms with Crippen molar-refractivity contribution in [3.63, 3.8) is 0 Å². The van der Waals surface area contributed by atoms with Crippen molar-refractivity contribution < 1.29 is 0 Å². The van der Waals surface area contributed by atoms with Crippen molar-refractivity contribution >= 4 is 11.8 Å². The topological polar surface area (TPSA) is 23.8 Å². The average Bonchev–Trinajstić information content (AvgIpc) is 2.04. The van der Waals surface area contributed by atoms with Crippen LogP contribution < -0.4 is 5.73 Å². The second kappa shape index (κ2) is 3.64. The lowest BCUT2D eigenvalue weighted by molar-refractivity contribution is 0.991. The van der Waals surface area contributed by atoms with E-state index in [1.165, 1.54) is 4.90 Å². The Hall–Kier alpha value is -0.470. The Kier molecular flexibility index (Phi) is 2.78. The fourth-order valence-electron chi connectivity index (χ4n) is 0.849. The molecule has 0 amide bonds. The van der Waals surface area contributed by atoms with E-state index in [2.05, 4.69) is 6.07 Å². The predicted octanol–water partition coefficient (Wildman–Crippen LogP) is 2.19. The molecule has 1 radical (unpaired) electrons. The summed E-state index contributed by atoms with van der Waals surface area (Å²) in [5, 5.41) is 0. The maximum atomic E-state index is 7.17. The lowest BCUT2D eigenvalue weighted by Gasteiger charge is -2.01. The van der Waals surface area contributed by atoms with E-state index in [1.54, 1.807) is 11.8 Å². The molecular weight excluding hydrogens is 142 g/mol. The van der Waals surface area contributed by atoms with Crippen LogP contribution in [0.1, 0.15) is 5.56 Å². The molecule has 1 rings (SSSR count). The molecule has 0 aliphatic carbocycles. The molecule has 0 aliphatic heterocycles. The molecule has 0 spiro atoms. The third-order valence-corrected chi connectivity index (χ3v) is 2.22. The number of hydrogen-bond acceptors (Lipinski definition) is 1. The van der Waals surface area contributed by atoms with Gasteiger partial charge in [-0.15, -0.1) is 11.8 Å². The van der Waals surface area contributed by atoms with Gasteiger partial charge in [0, 0.05) is 11.4 Å². The molecule has 1 N–H and O–H groups in total. The van der Waals surface area contributed by atoms with Crippen molar-refractivity contribution in [2.75, 3.05) is 6.26 Å². The molecule has 0 fully saturated rings. The van der Waals surface area contributed by atoms with Gasteiger partial charge in [-0.25, -0.2) is 0 Å². The highest BCUT2D eigenvalue weighted by Crippen LogP contribution is 2.18. The zero-order valence-electron chi connectivity index (χ0n) is 5.92. The Bertz CT molecular complexity index is 187. The highest BCUT2D eigenvalue weighted by molar-refractivity contribution is 7.98. The second-order valence-electron chi connectivity index (χ2n) is 1.99. The molecule has 2 heteroatoms. The Labute approximate surface area is 65.6 Å². The van der Waals surface area contributed by atoms with Crippen molar-refractivity contribution in [2.24, 2.45) is 0 Å². The van der Waals surface area contributed by atoms with Crippen LogP contribution in [0, 0.1) is 0 Å². The molecule has 0 atom stereocenters. The molecule has 53 valence electrons. The minimum atomic E-state index is 0.386. The van der Waals surface area contributed by atoms with E-state index in [4.69, 9.17) is 5.73 Å². The first kappa shape index (κ1) is 7.63. The largest absolute Gasteiger partial charge is 0.253 e. The summed E-state index contributed by atoms with van der Waals surface area (Å²) >= 11 is 1.70. The highest BCUT2D eigenvalue weighted by Gasteiger charge is 1.95. The molecule has 1 aromatic carbocycles. The van der Waals surface area contributed by atoms with Crippen LogP contribution >= 0.6 is 11.8 Å². The molecule has 1 aromatic rings. The standard InChI is InChI=1S/C8H10NS/c1-10-8-5-3-2-4-7(8)6-9/h2-5,9H,6H2,1H3. The summed E-state index contributed by atoms with van der Waals surface area (Å²) in [6, 6.07) is 8.03. The molecule has 0 aliphatic rings. The van der Waals surface area contributed by atoms with Gasteiger partial charge < -0.3 is 0 Å². The molecular formula is C8H10NS. The van der Waals surface area contributed by atoms with Crippen molar-refractivity contribution in [2.45, 2.75) is 11.4 Å². The zero-order chi connectivity index (χ0) is 7.40. The smallest absolute Gasteiger partial charge is 0.0362 e. The average molecular weight is 152 g/mol. The van der Waals surface area contributed by atoms with Crippen LogP contribution in [-0.2, 0) is 6.54 Å². The van der Waals surface area contributed by atoms with Crippen molar-refractivity contribution in [3.8, 4) is 0 Å². The second-order valence-corrected chi connectivity index (χ2v) is 2.84. The van der Waals surface area contributed by atoms with Crippen LogP contribution in [0.3, 0.4) is 0 Å². The minimum Gasteiger partial charge on any atom is -0.253 e. The molecule has 0 saturated carbocycles. The summed E-state index contributed by atoms with van der Waals surface area (Å²) in [5.74, 6) is 0. The molecule has 0 aromatic heterocycles. The van der Waals surface area contributed by atoms with Gasteiger partial charge >= 0.3 is 0 Å². The third kappa shape index (κ3) is 1.52. The SMILES string of the molecule is CSc1ccccc1C[NH]. The zero-order valence-corrected chi connectivity index (χ0v) is 6.74. The summed E-state index contributed by atoms with van der Waals surface area (Å²) in [6.07, 6.45) is 2.04. The number of benzene rings is 1. The van der Waals surface area contributed by atoms with Gasteiger partial charge in [-0.05, 0) is 17.9 Å². The predicted molar refractivity (Wildman–Crippen MR) is 45.0 cm³/mol. The van der Waals surface area contributed by atoms with Gasteiger partial charge in [0.15, 0.2) is 0 Å².